The molecule has 0 aliphatic rings. The van der Waals surface area contributed by atoms with E-state index in [1.54, 1.807) is 6.07 Å². The maximum absolute atomic E-state index is 11.4. The number of pyridine rings is 1. The Morgan fingerprint density at radius 2 is 2.32 bits per heavy atom. The van der Waals surface area contributed by atoms with Gasteiger partial charge in [0.25, 0.3) is 5.91 Å². The normalized spacial score (nSPS) is 12.5. The number of nitrogen functional groups attached to an aromatic ring is 1. The molecule has 106 valence electrons. The first-order valence-electron chi connectivity index (χ1n) is 6.24. The second-order valence-electron chi connectivity index (χ2n) is 4.53. The van der Waals surface area contributed by atoms with E-state index in [1.807, 2.05) is 23.9 Å². The van der Waals surface area contributed by atoms with Gasteiger partial charge in [-0.2, -0.15) is 11.8 Å². The minimum Gasteiger partial charge on any atom is -0.298 e. The highest BCUT2D eigenvalue weighted by Gasteiger charge is 2.11. The molecule has 0 aliphatic heterocycles. The third-order valence-corrected chi connectivity index (χ3v) is 3.72. The van der Waals surface area contributed by atoms with Crippen LogP contribution in [0, 0.1) is 0 Å². The van der Waals surface area contributed by atoms with Gasteiger partial charge in [-0.3, -0.25) is 15.1 Å². The molecule has 0 aliphatic carbocycles. The highest BCUT2D eigenvalue weighted by molar-refractivity contribution is 7.98. The number of nitrogens with zero attached hydrogens (tertiary/aromatic N) is 2. The molecule has 19 heavy (non-hydrogen) atoms. The number of carbonyl (C=O) groups excluding carboxylic acids is 1. The lowest BCUT2D eigenvalue weighted by Crippen LogP contribution is -2.32. The van der Waals surface area contributed by atoms with Crippen LogP contribution in [0.15, 0.2) is 18.2 Å². The first kappa shape index (κ1) is 15.9. The van der Waals surface area contributed by atoms with E-state index in [9.17, 15) is 4.79 Å². The standard InChI is InChI=1S/C13H22N4OS/c1-10(7-8-19-3)17(2)9-11-5-4-6-12(15-11)13(18)16-14/h4-6,10H,7-9,14H2,1-3H3,(H,16,18). The maximum Gasteiger partial charge on any atom is 0.283 e. The Morgan fingerprint density at radius 3 is 2.95 bits per heavy atom. The summed E-state index contributed by atoms with van der Waals surface area (Å²) in [7, 11) is 2.07. The number of hydrazine groups is 1. The summed E-state index contributed by atoms with van der Waals surface area (Å²) < 4.78 is 0. The second-order valence-corrected chi connectivity index (χ2v) is 5.52. The minimum absolute atomic E-state index is 0.352. The quantitative estimate of drug-likeness (QED) is 0.447. The predicted octanol–water partition coefficient (Wildman–Crippen LogP) is 1.26. The molecule has 1 atom stereocenters. The molecule has 3 N–H and O–H groups in total. The molecule has 1 rings (SSSR count). The van der Waals surface area contributed by atoms with E-state index >= 15 is 0 Å². The van der Waals surface area contributed by atoms with Crippen molar-refractivity contribution >= 4 is 17.7 Å². The van der Waals surface area contributed by atoms with Crippen molar-refractivity contribution in [2.24, 2.45) is 5.84 Å². The van der Waals surface area contributed by atoms with Crippen molar-refractivity contribution < 1.29 is 4.79 Å². The van der Waals surface area contributed by atoms with E-state index < -0.39 is 0 Å². The van der Waals surface area contributed by atoms with Gasteiger partial charge in [-0.15, -0.1) is 0 Å². The van der Waals surface area contributed by atoms with Gasteiger partial charge in [0.1, 0.15) is 5.69 Å². The van der Waals surface area contributed by atoms with Crippen LogP contribution < -0.4 is 11.3 Å². The number of thioether (sulfide) groups is 1. The van der Waals surface area contributed by atoms with Gasteiger partial charge in [-0.1, -0.05) is 6.07 Å². The highest BCUT2D eigenvalue weighted by atomic mass is 32.2. The molecule has 0 bridgehead atoms. The third-order valence-electron chi connectivity index (χ3n) is 3.07. The SMILES string of the molecule is CSCCC(C)N(C)Cc1cccc(C(=O)NN)n1. The van der Waals surface area contributed by atoms with Crippen LogP contribution in [0.25, 0.3) is 0 Å². The number of aromatic nitrogens is 1. The molecule has 5 nitrogen and oxygen atoms in total. The molecular weight excluding hydrogens is 260 g/mol. The average molecular weight is 282 g/mol. The van der Waals surface area contributed by atoms with Gasteiger partial charge in [0.15, 0.2) is 0 Å². The van der Waals surface area contributed by atoms with E-state index in [1.165, 1.54) is 0 Å². The van der Waals surface area contributed by atoms with Gasteiger partial charge in [0, 0.05) is 12.6 Å². The van der Waals surface area contributed by atoms with Gasteiger partial charge >= 0.3 is 0 Å². The van der Waals surface area contributed by atoms with E-state index in [0.29, 0.717) is 11.7 Å². The monoisotopic (exact) mass is 282 g/mol. The smallest absolute Gasteiger partial charge is 0.283 e. The van der Waals surface area contributed by atoms with Gasteiger partial charge in [-0.25, -0.2) is 10.8 Å². The van der Waals surface area contributed by atoms with Crippen LogP contribution in [-0.2, 0) is 6.54 Å². The summed E-state index contributed by atoms with van der Waals surface area (Å²) in [5.41, 5.74) is 3.32. The summed E-state index contributed by atoms with van der Waals surface area (Å²) in [6, 6.07) is 5.89. The summed E-state index contributed by atoms with van der Waals surface area (Å²) in [5, 5.41) is 0. The Morgan fingerprint density at radius 1 is 1.58 bits per heavy atom. The fourth-order valence-corrected chi connectivity index (χ4v) is 2.27. The molecule has 0 saturated heterocycles. The summed E-state index contributed by atoms with van der Waals surface area (Å²) in [4.78, 5) is 18.0. The zero-order valence-corrected chi connectivity index (χ0v) is 12.5. The fraction of sp³-hybridized carbons (Fsp3) is 0.538. The van der Waals surface area contributed by atoms with Crippen LogP contribution in [0.1, 0.15) is 29.5 Å². The summed E-state index contributed by atoms with van der Waals surface area (Å²) in [6.45, 7) is 2.92. The Balaban J connectivity index is 2.63. The molecule has 1 aromatic heterocycles. The maximum atomic E-state index is 11.4. The Labute approximate surface area is 118 Å². The lowest BCUT2D eigenvalue weighted by Gasteiger charge is -2.24. The zero-order chi connectivity index (χ0) is 14.3. The molecule has 0 aromatic carbocycles. The van der Waals surface area contributed by atoms with E-state index in [4.69, 9.17) is 5.84 Å². The van der Waals surface area contributed by atoms with Crippen molar-refractivity contribution in [1.82, 2.24) is 15.3 Å². The van der Waals surface area contributed by atoms with E-state index in [-0.39, 0.29) is 5.91 Å². The highest BCUT2D eigenvalue weighted by Crippen LogP contribution is 2.10. The zero-order valence-electron chi connectivity index (χ0n) is 11.7. The third kappa shape index (κ3) is 5.18. The van der Waals surface area contributed by atoms with Crippen molar-refractivity contribution in [3.63, 3.8) is 0 Å². The molecule has 1 unspecified atom stereocenters. The first-order chi connectivity index (χ1) is 9.08. The molecular formula is C13H22N4OS. The Hall–Kier alpha value is -1.11. The van der Waals surface area contributed by atoms with Crippen molar-refractivity contribution in [2.45, 2.75) is 25.9 Å². The molecule has 0 saturated carbocycles. The summed E-state index contributed by atoms with van der Waals surface area (Å²) >= 11 is 1.85. The van der Waals surface area contributed by atoms with E-state index in [0.717, 1.165) is 24.4 Å². The molecule has 1 heterocycles. The molecule has 0 radical (unpaired) electrons. The second kappa shape index (κ2) is 8.14. The number of nitrogens with one attached hydrogen (secondary N) is 1. The van der Waals surface area contributed by atoms with Crippen LogP contribution in [0.2, 0.25) is 0 Å². The fourth-order valence-electron chi connectivity index (χ4n) is 1.69. The lowest BCUT2D eigenvalue weighted by molar-refractivity contribution is 0.0948. The first-order valence-corrected chi connectivity index (χ1v) is 7.64. The van der Waals surface area contributed by atoms with Crippen molar-refractivity contribution in [2.75, 3.05) is 19.1 Å². The van der Waals surface area contributed by atoms with Crippen molar-refractivity contribution in [1.29, 1.82) is 0 Å². The molecule has 0 fully saturated rings. The van der Waals surface area contributed by atoms with E-state index in [2.05, 4.69) is 35.5 Å². The molecule has 6 heteroatoms. The van der Waals surface area contributed by atoms with Gasteiger partial charge < -0.3 is 0 Å². The number of amides is 1. The summed E-state index contributed by atoms with van der Waals surface area (Å²) in [5.74, 6) is 5.89. The number of nitrogens with two attached hydrogens (primary N) is 1. The number of rotatable bonds is 7. The molecule has 0 spiro atoms. The number of hydrogen-bond acceptors (Lipinski definition) is 5. The number of carbonyl (C=O) groups is 1. The summed E-state index contributed by atoms with van der Waals surface area (Å²) in [6.07, 6.45) is 3.25. The molecule has 1 amide bonds. The van der Waals surface area contributed by atoms with Gasteiger partial charge in [0.2, 0.25) is 0 Å². The van der Waals surface area contributed by atoms with Crippen LogP contribution in [-0.4, -0.2) is 40.9 Å². The van der Waals surface area contributed by atoms with Crippen molar-refractivity contribution in [3.8, 4) is 0 Å². The minimum atomic E-state index is -0.361. The van der Waals surface area contributed by atoms with Crippen LogP contribution in [0.3, 0.4) is 0 Å². The van der Waals surface area contributed by atoms with Gasteiger partial charge in [-0.05, 0) is 44.5 Å². The average Bonchev–Trinajstić information content (AvgIpc) is 2.44. The van der Waals surface area contributed by atoms with Crippen molar-refractivity contribution in [3.05, 3.63) is 29.6 Å². The number of hydrogen-bond donors (Lipinski definition) is 2. The predicted molar refractivity (Wildman–Crippen MR) is 79.8 cm³/mol. The topological polar surface area (TPSA) is 71.2 Å². The lowest BCUT2D eigenvalue weighted by atomic mass is 10.2. The van der Waals surface area contributed by atoms with Crippen LogP contribution >= 0.6 is 11.8 Å². The van der Waals surface area contributed by atoms with Crippen LogP contribution in [0.4, 0.5) is 0 Å². The Bertz CT molecular complexity index is 413. The van der Waals surface area contributed by atoms with Crippen LogP contribution in [0.5, 0.6) is 0 Å². The van der Waals surface area contributed by atoms with Gasteiger partial charge in [0.05, 0.1) is 5.69 Å². The largest absolute Gasteiger partial charge is 0.298 e. The Kier molecular flexibility index (Phi) is 6.83. The molecule has 1 aromatic rings.